The lowest BCUT2D eigenvalue weighted by Crippen LogP contribution is -2.42. The number of carbonyl (C=O) groups is 1. The lowest BCUT2D eigenvalue weighted by molar-refractivity contribution is -0.140. The predicted octanol–water partition coefficient (Wildman–Crippen LogP) is 3.95. The molecule has 1 atom stereocenters. The Labute approximate surface area is 190 Å². The molecule has 1 aromatic heterocycles. The van der Waals surface area contributed by atoms with Gasteiger partial charge in [-0.1, -0.05) is 6.92 Å². The van der Waals surface area contributed by atoms with Crippen molar-refractivity contribution in [3.63, 3.8) is 0 Å². The maximum Gasteiger partial charge on any atom is 0.434 e. The van der Waals surface area contributed by atoms with Crippen LogP contribution in [-0.2, 0) is 17.5 Å². The van der Waals surface area contributed by atoms with Crippen LogP contribution in [0.5, 0.6) is 0 Å². The quantitative estimate of drug-likeness (QED) is 0.318. The van der Waals surface area contributed by atoms with Crippen molar-refractivity contribution < 1.29 is 22.7 Å². The molecule has 0 aromatic carbocycles. The molecule has 1 unspecified atom stereocenters. The molecule has 12 heteroatoms. The third kappa shape index (κ3) is 10.9. The topological polar surface area (TPSA) is 78.9 Å². The number of nitrogens with one attached hydrogen (secondary N) is 2. The number of guanidine groups is 1. The fourth-order valence-electron chi connectivity index (χ4n) is 2.12. The molecule has 2 N–H and O–H groups in total. The number of alkyl halides is 3. The first-order valence-electron chi connectivity index (χ1n) is 8.72. The van der Waals surface area contributed by atoms with E-state index in [1.165, 1.54) is 4.90 Å². The molecule has 1 amide bonds. The Morgan fingerprint density at radius 1 is 1.34 bits per heavy atom. The Kier molecular flexibility index (Phi) is 11.2. The molecule has 1 rings (SSSR count). The van der Waals surface area contributed by atoms with Crippen molar-refractivity contribution in [2.24, 2.45) is 10.9 Å². The molecule has 29 heavy (non-hydrogen) atoms. The fraction of sp³-hybridized carbons (Fsp3) is 0.706. The highest BCUT2D eigenvalue weighted by atomic mass is 127. The number of hydrogen-bond donors (Lipinski definition) is 2. The van der Waals surface area contributed by atoms with Gasteiger partial charge < -0.3 is 20.3 Å². The van der Waals surface area contributed by atoms with E-state index in [2.05, 4.69) is 20.6 Å². The highest BCUT2D eigenvalue weighted by Crippen LogP contribution is 2.29. The van der Waals surface area contributed by atoms with Gasteiger partial charge >= 0.3 is 12.3 Å². The summed E-state index contributed by atoms with van der Waals surface area (Å²) in [4.78, 5) is 21.1. The van der Waals surface area contributed by atoms with Crippen molar-refractivity contribution in [3.8, 4) is 0 Å². The van der Waals surface area contributed by atoms with Crippen LogP contribution in [0.15, 0.2) is 10.4 Å². The van der Waals surface area contributed by atoms with Crippen molar-refractivity contribution in [2.45, 2.75) is 46.0 Å². The molecule has 0 aliphatic carbocycles. The SMILES string of the molecule is CN=C(NCc1nc(C(F)(F)F)cs1)NCC(C)CN(C)C(=O)OC(C)(C)C.I. The molecule has 7 nitrogen and oxygen atoms in total. The number of amides is 1. The summed E-state index contributed by atoms with van der Waals surface area (Å²) in [7, 11) is 3.23. The number of carbonyl (C=O) groups excluding carboxylic acids is 1. The van der Waals surface area contributed by atoms with E-state index in [4.69, 9.17) is 4.74 Å². The molecule has 1 aromatic rings. The summed E-state index contributed by atoms with van der Waals surface area (Å²) in [5.41, 5.74) is -1.45. The van der Waals surface area contributed by atoms with E-state index >= 15 is 0 Å². The van der Waals surface area contributed by atoms with Crippen molar-refractivity contribution in [1.82, 2.24) is 20.5 Å². The Balaban J connectivity index is 0.00000784. The summed E-state index contributed by atoms with van der Waals surface area (Å²) in [5, 5.41) is 7.31. The molecule has 0 saturated heterocycles. The smallest absolute Gasteiger partial charge is 0.434 e. The molecule has 0 saturated carbocycles. The van der Waals surface area contributed by atoms with Crippen LogP contribution >= 0.6 is 35.3 Å². The average molecular weight is 551 g/mol. The predicted molar refractivity (Wildman–Crippen MR) is 119 cm³/mol. The summed E-state index contributed by atoms with van der Waals surface area (Å²) < 4.78 is 43.0. The van der Waals surface area contributed by atoms with E-state index < -0.39 is 23.6 Å². The van der Waals surface area contributed by atoms with Crippen LogP contribution in [-0.4, -0.2) is 54.7 Å². The third-order valence-electron chi connectivity index (χ3n) is 3.38. The normalized spacial score (nSPS) is 13.3. The standard InChI is InChI=1S/C17H28F3N5O2S.HI/c1-11(9-25(6)15(26)27-16(2,3)4)7-22-14(21-5)23-8-13-24-12(10-28-13)17(18,19)20;/h10-11H,7-9H2,1-6H3,(H2,21,22,23);1H. The van der Waals surface area contributed by atoms with Gasteiger partial charge in [0.2, 0.25) is 0 Å². The summed E-state index contributed by atoms with van der Waals surface area (Å²) in [6.07, 6.45) is -4.84. The second-order valence-corrected chi connectivity index (χ2v) is 8.34. The lowest BCUT2D eigenvalue weighted by Gasteiger charge is -2.26. The van der Waals surface area contributed by atoms with E-state index in [1.807, 2.05) is 6.92 Å². The highest BCUT2D eigenvalue weighted by molar-refractivity contribution is 14.0. The fourth-order valence-corrected chi connectivity index (χ4v) is 2.86. The van der Waals surface area contributed by atoms with Gasteiger partial charge in [0.15, 0.2) is 11.7 Å². The van der Waals surface area contributed by atoms with E-state index in [1.54, 1.807) is 34.9 Å². The van der Waals surface area contributed by atoms with Gasteiger partial charge in [-0.3, -0.25) is 4.99 Å². The van der Waals surface area contributed by atoms with Gasteiger partial charge in [0, 0.05) is 32.6 Å². The van der Waals surface area contributed by atoms with Crippen LogP contribution in [0, 0.1) is 5.92 Å². The molecule has 0 radical (unpaired) electrons. The van der Waals surface area contributed by atoms with Crippen molar-refractivity contribution in [3.05, 3.63) is 16.1 Å². The van der Waals surface area contributed by atoms with Crippen LogP contribution < -0.4 is 10.6 Å². The molecule has 0 fully saturated rings. The maximum atomic E-state index is 12.6. The van der Waals surface area contributed by atoms with Crippen molar-refractivity contribution in [2.75, 3.05) is 27.2 Å². The summed E-state index contributed by atoms with van der Waals surface area (Å²) in [6, 6.07) is 0. The van der Waals surface area contributed by atoms with Crippen LogP contribution in [0.3, 0.4) is 0 Å². The van der Waals surface area contributed by atoms with Gasteiger partial charge in [-0.2, -0.15) is 13.2 Å². The van der Waals surface area contributed by atoms with Gasteiger partial charge in [0.25, 0.3) is 0 Å². The molecule has 0 bridgehead atoms. The number of ether oxygens (including phenoxy) is 1. The molecule has 0 aliphatic heterocycles. The minimum atomic E-state index is -4.44. The molecular formula is C17H29F3IN5O2S. The minimum Gasteiger partial charge on any atom is -0.444 e. The summed E-state index contributed by atoms with van der Waals surface area (Å²) in [6.45, 7) is 8.49. The number of hydrogen-bond acceptors (Lipinski definition) is 5. The molecule has 168 valence electrons. The zero-order chi connectivity index (χ0) is 21.5. The van der Waals surface area contributed by atoms with E-state index in [-0.39, 0.29) is 36.4 Å². The average Bonchev–Trinajstić information content (AvgIpc) is 3.02. The largest absolute Gasteiger partial charge is 0.444 e. The first kappa shape index (κ1) is 27.7. The Morgan fingerprint density at radius 3 is 2.45 bits per heavy atom. The van der Waals surface area contributed by atoms with E-state index in [0.717, 1.165) is 16.7 Å². The zero-order valence-corrected chi connectivity index (χ0v) is 20.5. The first-order chi connectivity index (χ1) is 12.8. The lowest BCUT2D eigenvalue weighted by atomic mass is 10.1. The van der Waals surface area contributed by atoms with E-state index in [9.17, 15) is 18.0 Å². The van der Waals surface area contributed by atoms with Gasteiger partial charge in [-0.05, 0) is 26.7 Å². The maximum absolute atomic E-state index is 12.6. The number of rotatable bonds is 6. The molecular weight excluding hydrogens is 522 g/mol. The number of aromatic nitrogens is 1. The Bertz CT molecular complexity index is 677. The monoisotopic (exact) mass is 551 g/mol. The highest BCUT2D eigenvalue weighted by Gasteiger charge is 2.33. The summed E-state index contributed by atoms with van der Waals surface area (Å²) in [5.74, 6) is 0.531. The number of halogens is 4. The van der Waals surface area contributed by atoms with Gasteiger partial charge in [-0.25, -0.2) is 9.78 Å². The first-order valence-corrected chi connectivity index (χ1v) is 9.60. The number of nitrogens with zero attached hydrogens (tertiary/aromatic N) is 3. The third-order valence-corrected chi connectivity index (χ3v) is 4.23. The Hall–Kier alpha value is -1.31. The zero-order valence-electron chi connectivity index (χ0n) is 17.4. The van der Waals surface area contributed by atoms with Crippen molar-refractivity contribution >= 4 is 47.4 Å². The van der Waals surface area contributed by atoms with Crippen LogP contribution in [0.25, 0.3) is 0 Å². The van der Waals surface area contributed by atoms with Crippen LogP contribution in [0.1, 0.15) is 38.4 Å². The molecule has 0 aliphatic rings. The van der Waals surface area contributed by atoms with Crippen LogP contribution in [0.4, 0.5) is 18.0 Å². The Morgan fingerprint density at radius 2 is 1.97 bits per heavy atom. The van der Waals surface area contributed by atoms with Gasteiger partial charge in [0.05, 0.1) is 6.54 Å². The van der Waals surface area contributed by atoms with Crippen molar-refractivity contribution in [1.29, 1.82) is 0 Å². The molecule has 0 spiro atoms. The number of aliphatic imine (C=N–C) groups is 1. The number of thiazole rings is 1. The second kappa shape index (κ2) is 11.8. The van der Waals surface area contributed by atoms with Gasteiger partial charge in [-0.15, -0.1) is 35.3 Å². The van der Waals surface area contributed by atoms with E-state index in [0.29, 0.717) is 24.1 Å². The van der Waals surface area contributed by atoms with Crippen LogP contribution in [0.2, 0.25) is 0 Å². The summed E-state index contributed by atoms with van der Waals surface area (Å²) >= 11 is 0.935. The molecule has 1 heterocycles. The minimum absolute atomic E-state index is 0. The van der Waals surface area contributed by atoms with Gasteiger partial charge in [0.1, 0.15) is 10.6 Å². The second-order valence-electron chi connectivity index (χ2n) is 7.40.